The van der Waals surface area contributed by atoms with E-state index in [4.69, 9.17) is 5.11 Å². The lowest BCUT2D eigenvalue weighted by atomic mass is 9.86. The van der Waals surface area contributed by atoms with Crippen molar-refractivity contribution in [2.24, 2.45) is 5.92 Å². The molecule has 2 aromatic carbocycles. The topological polar surface area (TPSA) is 142 Å². The monoisotopic (exact) mass is 541 g/mol. The Morgan fingerprint density at radius 2 is 1.68 bits per heavy atom. The van der Waals surface area contributed by atoms with Gasteiger partial charge in [0.2, 0.25) is 5.91 Å². The predicted molar refractivity (Wildman–Crippen MR) is 128 cm³/mol. The SMILES string of the molecule is O=C(O)Nc1ccc(C(F)(F)F)cc1C(=O)NCC(=O)N[C@H]1CCCC[C@H]1CS(=O)(=O)c1ccccc1. The van der Waals surface area contributed by atoms with Gasteiger partial charge in [-0.25, -0.2) is 13.2 Å². The number of benzene rings is 2. The average Bonchev–Trinajstić information content (AvgIpc) is 2.83. The van der Waals surface area contributed by atoms with Crippen LogP contribution in [0.5, 0.6) is 0 Å². The van der Waals surface area contributed by atoms with Gasteiger partial charge in [-0.15, -0.1) is 0 Å². The number of halogens is 3. The van der Waals surface area contributed by atoms with Crippen molar-refractivity contribution < 1.29 is 41.1 Å². The van der Waals surface area contributed by atoms with Gasteiger partial charge in [-0.2, -0.15) is 13.2 Å². The molecule has 0 saturated heterocycles. The number of hydrogen-bond donors (Lipinski definition) is 4. The van der Waals surface area contributed by atoms with Crippen molar-refractivity contribution in [1.82, 2.24) is 10.6 Å². The van der Waals surface area contributed by atoms with Gasteiger partial charge in [0.15, 0.2) is 9.84 Å². The van der Waals surface area contributed by atoms with Crippen LogP contribution < -0.4 is 16.0 Å². The Hall–Kier alpha value is -3.61. The van der Waals surface area contributed by atoms with Crippen LogP contribution in [0, 0.1) is 5.92 Å². The molecule has 3 rings (SSSR count). The van der Waals surface area contributed by atoms with E-state index in [1.165, 1.54) is 12.1 Å². The van der Waals surface area contributed by atoms with Crippen LogP contribution in [-0.2, 0) is 20.8 Å². The molecule has 0 aromatic heterocycles. The minimum atomic E-state index is -4.77. The molecule has 2 atom stereocenters. The molecule has 9 nitrogen and oxygen atoms in total. The number of sulfone groups is 1. The van der Waals surface area contributed by atoms with Crippen molar-refractivity contribution >= 4 is 33.4 Å². The van der Waals surface area contributed by atoms with Crippen LogP contribution in [0.15, 0.2) is 53.4 Å². The van der Waals surface area contributed by atoms with Crippen molar-refractivity contribution in [3.05, 3.63) is 59.7 Å². The number of alkyl halides is 3. The summed E-state index contributed by atoms with van der Waals surface area (Å²) in [6, 6.07) is 9.42. The molecule has 0 spiro atoms. The average molecular weight is 542 g/mol. The second kappa shape index (κ2) is 11.6. The second-order valence-corrected chi connectivity index (χ2v) is 10.7. The molecule has 0 heterocycles. The maximum atomic E-state index is 13.1. The van der Waals surface area contributed by atoms with Crippen LogP contribution in [0.2, 0.25) is 0 Å². The van der Waals surface area contributed by atoms with Gasteiger partial charge in [0.05, 0.1) is 34.0 Å². The standard InChI is InChI=1S/C24H26F3N3O6S/c25-24(26,27)16-10-11-20(30-23(33)34)18(12-16)22(32)28-13-21(31)29-19-9-5-4-6-15(19)14-37(35,36)17-7-2-1-3-8-17/h1-3,7-8,10-12,15,19,30H,4-6,9,13-14H2,(H,28,32)(H,29,31)(H,33,34)/t15-,19-/m0/s1. The quantitative estimate of drug-likeness (QED) is 0.402. The van der Waals surface area contributed by atoms with Crippen molar-refractivity contribution in [1.29, 1.82) is 0 Å². The summed E-state index contributed by atoms with van der Waals surface area (Å²) in [4.78, 5) is 36.3. The molecule has 0 radical (unpaired) electrons. The molecule has 37 heavy (non-hydrogen) atoms. The molecule has 2 aromatic rings. The fourth-order valence-corrected chi connectivity index (χ4v) is 5.98. The van der Waals surface area contributed by atoms with E-state index in [1.807, 2.05) is 5.32 Å². The van der Waals surface area contributed by atoms with Crippen LogP contribution in [0.1, 0.15) is 41.6 Å². The van der Waals surface area contributed by atoms with Gasteiger partial charge in [-0.1, -0.05) is 31.0 Å². The first-order chi connectivity index (χ1) is 17.4. The highest BCUT2D eigenvalue weighted by Gasteiger charge is 2.33. The van der Waals surface area contributed by atoms with Crippen LogP contribution in [0.25, 0.3) is 0 Å². The van der Waals surface area contributed by atoms with Crippen LogP contribution in [0.3, 0.4) is 0 Å². The summed E-state index contributed by atoms with van der Waals surface area (Å²) < 4.78 is 64.9. The number of carbonyl (C=O) groups is 3. The molecule has 3 amide bonds. The number of carbonyl (C=O) groups excluding carboxylic acids is 2. The highest BCUT2D eigenvalue weighted by atomic mass is 32.2. The van der Waals surface area contributed by atoms with Crippen molar-refractivity contribution in [3.63, 3.8) is 0 Å². The third kappa shape index (κ3) is 7.68. The van der Waals surface area contributed by atoms with E-state index in [-0.39, 0.29) is 22.3 Å². The first-order valence-electron chi connectivity index (χ1n) is 11.4. The molecule has 0 bridgehead atoms. The third-order valence-corrected chi connectivity index (χ3v) is 7.89. The van der Waals surface area contributed by atoms with Gasteiger partial charge in [0.25, 0.3) is 5.91 Å². The molecule has 200 valence electrons. The molecule has 0 unspecified atom stereocenters. The zero-order chi connectivity index (χ0) is 27.2. The predicted octanol–water partition coefficient (Wildman–Crippen LogP) is 3.67. The van der Waals surface area contributed by atoms with Gasteiger partial charge < -0.3 is 15.7 Å². The molecule has 13 heteroatoms. The maximum Gasteiger partial charge on any atom is 0.416 e. The largest absolute Gasteiger partial charge is 0.465 e. The van der Waals surface area contributed by atoms with E-state index >= 15 is 0 Å². The first-order valence-corrected chi connectivity index (χ1v) is 13.1. The molecule has 1 fully saturated rings. The minimum Gasteiger partial charge on any atom is -0.465 e. The van der Waals surface area contributed by atoms with Crippen LogP contribution in [-0.4, -0.2) is 49.8 Å². The molecular formula is C24H26F3N3O6S. The van der Waals surface area contributed by atoms with Crippen LogP contribution in [0.4, 0.5) is 23.7 Å². The van der Waals surface area contributed by atoms with Crippen molar-refractivity contribution in [2.75, 3.05) is 17.6 Å². The lowest BCUT2D eigenvalue weighted by Gasteiger charge is -2.32. The van der Waals surface area contributed by atoms with E-state index in [0.29, 0.717) is 25.0 Å². The molecule has 0 aliphatic heterocycles. The lowest BCUT2D eigenvalue weighted by Crippen LogP contribution is -2.47. The Balaban J connectivity index is 1.66. The van der Waals surface area contributed by atoms with E-state index < -0.39 is 57.6 Å². The Bertz CT molecular complexity index is 1250. The number of hydrogen-bond acceptors (Lipinski definition) is 5. The summed E-state index contributed by atoms with van der Waals surface area (Å²) in [5.41, 5.74) is -2.14. The summed E-state index contributed by atoms with van der Waals surface area (Å²) in [6.07, 6.45) is -3.67. The fraction of sp³-hybridized carbons (Fsp3) is 0.375. The fourth-order valence-electron chi connectivity index (χ4n) is 4.25. The van der Waals surface area contributed by atoms with Gasteiger partial charge in [0, 0.05) is 6.04 Å². The summed E-state index contributed by atoms with van der Waals surface area (Å²) in [5.74, 6) is -2.25. The van der Waals surface area contributed by atoms with Gasteiger partial charge >= 0.3 is 12.3 Å². The number of amides is 3. The molecule has 4 N–H and O–H groups in total. The Labute approximate surface area is 211 Å². The van der Waals surface area contributed by atoms with Gasteiger partial charge in [-0.3, -0.25) is 14.9 Å². The number of carboxylic acid groups (broad SMARTS) is 1. The van der Waals surface area contributed by atoms with E-state index in [0.717, 1.165) is 18.9 Å². The second-order valence-electron chi connectivity index (χ2n) is 8.68. The summed E-state index contributed by atoms with van der Waals surface area (Å²) in [6.45, 7) is -0.601. The molecule has 1 aliphatic rings. The first kappa shape index (κ1) is 28.0. The molecule has 1 saturated carbocycles. The maximum absolute atomic E-state index is 13.1. The minimum absolute atomic E-state index is 0.164. The highest BCUT2D eigenvalue weighted by Crippen LogP contribution is 2.32. The Morgan fingerprint density at radius 3 is 2.32 bits per heavy atom. The van der Waals surface area contributed by atoms with Gasteiger partial charge in [-0.05, 0) is 49.1 Å². The zero-order valence-corrected chi connectivity index (χ0v) is 20.4. The number of anilines is 1. The number of nitrogens with one attached hydrogen (secondary N) is 3. The normalized spacial score (nSPS) is 18.0. The summed E-state index contributed by atoms with van der Waals surface area (Å²) in [5, 5.41) is 15.7. The van der Waals surface area contributed by atoms with Crippen molar-refractivity contribution in [2.45, 2.75) is 42.8 Å². The molecule has 1 aliphatic carbocycles. The van der Waals surface area contributed by atoms with E-state index in [1.54, 1.807) is 18.2 Å². The number of rotatable bonds is 8. The zero-order valence-electron chi connectivity index (χ0n) is 19.5. The lowest BCUT2D eigenvalue weighted by molar-refractivity contribution is -0.137. The third-order valence-electron chi connectivity index (χ3n) is 6.03. The van der Waals surface area contributed by atoms with Crippen molar-refractivity contribution in [3.8, 4) is 0 Å². The van der Waals surface area contributed by atoms with E-state index in [9.17, 15) is 36.0 Å². The summed E-state index contributed by atoms with van der Waals surface area (Å²) >= 11 is 0. The van der Waals surface area contributed by atoms with Gasteiger partial charge in [0.1, 0.15) is 0 Å². The highest BCUT2D eigenvalue weighted by molar-refractivity contribution is 7.91. The molecular weight excluding hydrogens is 515 g/mol. The summed E-state index contributed by atoms with van der Waals surface area (Å²) in [7, 11) is -3.59. The van der Waals surface area contributed by atoms with Crippen LogP contribution >= 0.6 is 0 Å². The Kier molecular flexibility index (Phi) is 8.79. The van der Waals surface area contributed by atoms with E-state index in [2.05, 4.69) is 10.6 Å². The Morgan fingerprint density at radius 1 is 1.00 bits per heavy atom. The smallest absolute Gasteiger partial charge is 0.416 e.